The highest BCUT2D eigenvalue weighted by Crippen LogP contribution is 2.44. The minimum Gasteiger partial charge on any atom is -0.325 e. The molecule has 0 saturated heterocycles. The molecule has 0 spiro atoms. The van der Waals surface area contributed by atoms with Crippen molar-refractivity contribution in [2.75, 3.05) is 6.54 Å². The van der Waals surface area contributed by atoms with E-state index in [0.29, 0.717) is 5.41 Å². The van der Waals surface area contributed by atoms with Gasteiger partial charge in [0.1, 0.15) is 0 Å². The van der Waals surface area contributed by atoms with Crippen LogP contribution in [0.2, 0.25) is 0 Å². The highest BCUT2D eigenvalue weighted by Gasteiger charge is 2.45. The molecule has 2 nitrogen and oxygen atoms in total. The maximum Gasteiger partial charge on any atom is 0.0166 e. The van der Waals surface area contributed by atoms with Crippen molar-refractivity contribution in [3.63, 3.8) is 0 Å². The van der Waals surface area contributed by atoms with Crippen LogP contribution in [-0.4, -0.2) is 18.1 Å². The van der Waals surface area contributed by atoms with Crippen LogP contribution in [0.15, 0.2) is 0 Å². The van der Waals surface area contributed by atoms with Crippen LogP contribution in [0.3, 0.4) is 0 Å². The average Bonchev–Trinajstić information content (AvgIpc) is 2.54. The first kappa shape index (κ1) is 10.4. The molecule has 0 aromatic carbocycles. The van der Waals surface area contributed by atoms with Gasteiger partial charge in [-0.15, -0.1) is 0 Å². The van der Waals surface area contributed by atoms with E-state index in [0.717, 1.165) is 12.6 Å². The van der Waals surface area contributed by atoms with Crippen LogP contribution in [0, 0.1) is 5.41 Å². The normalized spacial score (nSPS) is 33.2. The molecular formula is C12H24N2. The van der Waals surface area contributed by atoms with Crippen LogP contribution in [0.1, 0.15) is 52.4 Å². The molecule has 2 aliphatic rings. The molecule has 2 heteroatoms. The van der Waals surface area contributed by atoms with Crippen LogP contribution in [0.5, 0.6) is 0 Å². The maximum absolute atomic E-state index is 6.29. The number of nitrogens with two attached hydrogens (primary N) is 1. The smallest absolute Gasteiger partial charge is 0.0166 e. The highest BCUT2D eigenvalue weighted by atomic mass is 15.0. The fraction of sp³-hybridized carbons (Fsp3) is 1.00. The summed E-state index contributed by atoms with van der Waals surface area (Å²) in [7, 11) is 0. The third kappa shape index (κ3) is 2.29. The first-order valence-corrected chi connectivity index (χ1v) is 6.04. The molecule has 0 aliphatic heterocycles. The molecule has 0 heterocycles. The number of nitrogens with one attached hydrogen (secondary N) is 1. The lowest BCUT2D eigenvalue weighted by Crippen LogP contribution is -2.40. The second kappa shape index (κ2) is 3.49. The molecule has 2 aliphatic carbocycles. The summed E-state index contributed by atoms with van der Waals surface area (Å²) in [6, 6.07) is 0.757. The van der Waals surface area contributed by atoms with Gasteiger partial charge in [0, 0.05) is 11.6 Å². The van der Waals surface area contributed by atoms with E-state index < -0.39 is 0 Å². The summed E-state index contributed by atoms with van der Waals surface area (Å²) < 4.78 is 0. The van der Waals surface area contributed by atoms with Crippen molar-refractivity contribution in [1.82, 2.24) is 5.32 Å². The molecule has 0 bridgehead atoms. The zero-order valence-electron chi connectivity index (χ0n) is 9.60. The van der Waals surface area contributed by atoms with Gasteiger partial charge in [0.25, 0.3) is 0 Å². The quantitative estimate of drug-likeness (QED) is 0.722. The van der Waals surface area contributed by atoms with E-state index in [1.165, 1.54) is 38.5 Å². The van der Waals surface area contributed by atoms with Gasteiger partial charge in [-0.1, -0.05) is 26.7 Å². The van der Waals surface area contributed by atoms with E-state index in [1.54, 1.807) is 0 Å². The molecule has 3 N–H and O–H groups in total. The van der Waals surface area contributed by atoms with E-state index in [1.807, 2.05) is 0 Å². The van der Waals surface area contributed by atoms with Gasteiger partial charge in [0.05, 0.1) is 0 Å². The van der Waals surface area contributed by atoms with Crippen molar-refractivity contribution in [3.05, 3.63) is 0 Å². The van der Waals surface area contributed by atoms with Gasteiger partial charge in [-0.25, -0.2) is 0 Å². The Hall–Kier alpha value is -0.0800. The molecule has 2 saturated carbocycles. The molecule has 1 unspecified atom stereocenters. The van der Waals surface area contributed by atoms with Crippen molar-refractivity contribution < 1.29 is 0 Å². The zero-order chi connectivity index (χ0) is 10.2. The van der Waals surface area contributed by atoms with Gasteiger partial charge in [-0.05, 0) is 37.6 Å². The summed E-state index contributed by atoms with van der Waals surface area (Å²) >= 11 is 0. The van der Waals surface area contributed by atoms with E-state index in [2.05, 4.69) is 19.2 Å². The summed E-state index contributed by atoms with van der Waals surface area (Å²) in [5, 5.41) is 3.62. The van der Waals surface area contributed by atoms with Crippen molar-refractivity contribution in [2.45, 2.75) is 64.0 Å². The van der Waals surface area contributed by atoms with E-state index in [4.69, 9.17) is 5.73 Å². The van der Waals surface area contributed by atoms with Crippen molar-refractivity contribution in [3.8, 4) is 0 Å². The fourth-order valence-electron chi connectivity index (χ4n) is 2.64. The maximum atomic E-state index is 6.29. The first-order valence-electron chi connectivity index (χ1n) is 6.04. The molecule has 1 atom stereocenters. The second-order valence-electron chi connectivity index (χ2n) is 6.02. The predicted molar refractivity (Wildman–Crippen MR) is 60.2 cm³/mol. The van der Waals surface area contributed by atoms with Crippen LogP contribution >= 0.6 is 0 Å². The van der Waals surface area contributed by atoms with Gasteiger partial charge in [-0.3, -0.25) is 0 Å². The Morgan fingerprint density at radius 2 is 1.86 bits per heavy atom. The molecule has 2 rings (SSSR count). The van der Waals surface area contributed by atoms with Gasteiger partial charge >= 0.3 is 0 Å². The Morgan fingerprint density at radius 3 is 2.36 bits per heavy atom. The molecule has 14 heavy (non-hydrogen) atoms. The standard InChI is InChI=1S/C12H24N2/c1-11(2)9-10(11)14-8-7-12(13)5-3-4-6-12/h10,14H,3-9,13H2,1-2H3. The molecule has 2 fully saturated rings. The van der Waals surface area contributed by atoms with Gasteiger partial charge in [0.2, 0.25) is 0 Å². The van der Waals surface area contributed by atoms with Gasteiger partial charge < -0.3 is 11.1 Å². The minimum absolute atomic E-state index is 0.173. The molecular weight excluding hydrogens is 172 g/mol. The van der Waals surface area contributed by atoms with E-state index in [9.17, 15) is 0 Å². The summed E-state index contributed by atoms with van der Waals surface area (Å²) in [5.41, 5.74) is 7.02. The van der Waals surface area contributed by atoms with Crippen molar-refractivity contribution in [2.24, 2.45) is 11.1 Å². The van der Waals surface area contributed by atoms with Gasteiger partial charge in [-0.2, -0.15) is 0 Å². The Balaban J connectivity index is 1.63. The fourth-order valence-corrected chi connectivity index (χ4v) is 2.64. The monoisotopic (exact) mass is 196 g/mol. The Bertz CT molecular complexity index is 204. The van der Waals surface area contributed by atoms with Crippen molar-refractivity contribution >= 4 is 0 Å². The Morgan fingerprint density at radius 1 is 1.29 bits per heavy atom. The number of hydrogen-bond acceptors (Lipinski definition) is 2. The SMILES string of the molecule is CC1(C)CC1NCCC1(N)CCCC1. The minimum atomic E-state index is 0.173. The van der Waals surface area contributed by atoms with Crippen LogP contribution < -0.4 is 11.1 Å². The summed E-state index contributed by atoms with van der Waals surface area (Å²) in [6.07, 6.45) is 7.66. The molecule has 0 aromatic heterocycles. The molecule has 0 radical (unpaired) electrons. The molecule has 0 aromatic rings. The number of rotatable bonds is 4. The third-order valence-corrected chi connectivity index (χ3v) is 4.13. The first-order chi connectivity index (χ1) is 6.52. The Kier molecular flexibility index (Phi) is 2.61. The van der Waals surface area contributed by atoms with Gasteiger partial charge in [0.15, 0.2) is 0 Å². The predicted octanol–water partition coefficient (Wildman–Crippen LogP) is 2.04. The lowest BCUT2D eigenvalue weighted by Gasteiger charge is -2.23. The zero-order valence-corrected chi connectivity index (χ0v) is 9.60. The summed E-state index contributed by atoms with van der Waals surface area (Å²) in [4.78, 5) is 0. The molecule has 82 valence electrons. The van der Waals surface area contributed by atoms with E-state index in [-0.39, 0.29) is 5.54 Å². The van der Waals surface area contributed by atoms with Crippen LogP contribution in [0.25, 0.3) is 0 Å². The topological polar surface area (TPSA) is 38.0 Å². The Labute approximate surface area is 87.6 Å². The second-order valence-corrected chi connectivity index (χ2v) is 6.02. The third-order valence-electron chi connectivity index (χ3n) is 4.13. The highest BCUT2D eigenvalue weighted by molar-refractivity contribution is 5.02. The lowest BCUT2D eigenvalue weighted by molar-refractivity contribution is 0.386. The van der Waals surface area contributed by atoms with Crippen LogP contribution in [0.4, 0.5) is 0 Å². The molecule has 0 amide bonds. The number of hydrogen-bond donors (Lipinski definition) is 2. The van der Waals surface area contributed by atoms with E-state index >= 15 is 0 Å². The summed E-state index contributed by atoms with van der Waals surface area (Å²) in [5.74, 6) is 0. The van der Waals surface area contributed by atoms with Crippen LogP contribution in [-0.2, 0) is 0 Å². The average molecular weight is 196 g/mol. The lowest BCUT2D eigenvalue weighted by atomic mass is 9.95. The largest absolute Gasteiger partial charge is 0.325 e. The summed E-state index contributed by atoms with van der Waals surface area (Å²) in [6.45, 7) is 5.78. The van der Waals surface area contributed by atoms with Crippen molar-refractivity contribution in [1.29, 1.82) is 0 Å².